The predicted molar refractivity (Wildman–Crippen MR) is 116 cm³/mol. The van der Waals surface area contributed by atoms with E-state index in [2.05, 4.69) is 16.6 Å². The molecule has 2 aliphatic heterocycles. The molecule has 3 aromatic rings. The van der Waals surface area contributed by atoms with Crippen LogP contribution in [-0.4, -0.2) is 27.3 Å². The first-order valence-electron chi connectivity index (χ1n) is 10.5. The molecule has 3 heterocycles. The van der Waals surface area contributed by atoms with Crippen molar-refractivity contribution >= 4 is 5.70 Å². The van der Waals surface area contributed by atoms with Gasteiger partial charge in [0.1, 0.15) is 11.6 Å². The van der Waals surface area contributed by atoms with Crippen molar-refractivity contribution in [2.24, 2.45) is 0 Å². The highest BCUT2D eigenvalue weighted by atomic mass is 19.1. The van der Waals surface area contributed by atoms with E-state index < -0.39 is 0 Å². The summed E-state index contributed by atoms with van der Waals surface area (Å²) in [6.45, 7) is 6.89. The smallest absolute Gasteiger partial charge is 0.203 e. The van der Waals surface area contributed by atoms with Crippen molar-refractivity contribution in [2.75, 3.05) is 6.54 Å². The topological polar surface area (TPSA) is 38.1 Å². The number of nitrogens with zero attached hydrogens (tertiary/aromatic N) is 3. The Morgan fingerprint density at radius 1 is 1.10 bits per heavy atom. The Morgan fingerprint density at radius 2 is 1.74 bits per heavy atom. The summed E-state index contributed by atoms with van der Waals surface area (Å²) >= 11 is 0. The third-order valence-corrected chi connectivity index (χ3v) is 6.61. The molecule has 6 heteroatoms. The van der Waals surface area contributed by atoms with Gasteiger partial charge < -0.3 is 4.90 Å². The fourth-order valence-electron chi connectivity index (χ4n) is 5.26. The molecular formula is C25H23F2N3O. The first-order chi connectivity index (χ1) is 15.0. The number of benzene rings is 2. The lowest BCUT2D eigenvalue weighted by Crippen LogP contribution is -2.46. The van der Waals surface area contributed by atoms with Crippen LogP contribution in [0.5, 0.6) is 0 Å². The number of hydrogen-bond acceptors (Lipinski definition) is 3. The Morgan fingerprint density at radius 3 is 2.35 bits per heavy atom. The third-order valence-electron chi connectivity index (χ3n) is 6.61. The van der Waals surface area contributed by atoms with Gasteiger partial charge in [-0.25, -0.2) is 8.78 Å². The average Bonchev–Trinajstić information content (AvgIpc) is 3.23. The van der Waals surface area contributed by atoms with Crippen LogP contribution in [-0.2, 0) is 0 Å². The molecule has 1 aromatic heterocycles. The number of fused-ring (bicyclic) bond motifs is 2. The second-order valence-corrected chi connectivity index (χ2v) is 8.35. The van der Waals surface area contributed by atoms with Gasteiger partial charge in [-0.3, -0.25) is 9.48 Å². The first kappa shape index (κ1) is 19.7. The highest BCUT2D eigenvalue weighted by Gasteiger charge is 2.45. The molecule has 0 radical (unpaired) electrons. The molecule has 4 nitrogen and oxygen atoms in total. The molecule has 2 aliphatic rings. The zero-order chi connectivity index (χ0) is 21.7. The van der Waals surface area contributed by atoms with Crippen molar-refractivity contribution in [3.05, 3.63) is 106 Å². The molecule has 0 saturated carbocycles. The number of hydrogen-bond donors (Lipinski definition) is 0. The van der Waals surface area contributed by atoms with E-state index in [1.54, 1.807) is 19.1 Å². The molecule has 0 amide bonds. The molecule has 2 unspecified atom stereocenters. The molecule has 31 heavy (non-hydrogen) atoms. The Balaban J connectivity index is 1.79. The lowest BCUT2D eigenvalue weighted by molar-refractivity contribution is 0.203. The quantitative estimate of drug-likeness (QED) is 0.620. The summed E-state index contributed by atoms with van der Waals surface area (Å²) in [5.41, 5.74) is 3.44. The summed E-state index contributed by atoms with van der Waals surface area (Å²) < 4.78 is 30.4. The van der Waals surface area contributed by atoms with Crippen molar-refractivity contribution in [1.82, 2.24) is 14.7 Å². The normalized spacial score (nSPS) is 20.1. The monoisotopic (exact) mass is 419 g/mol. The van der Waals surface area contributed by atoms with Crippen LogP contribution in [0.2, 0.25) is 0 Å². The van der Waals surface area contributed by atoms with E-state index in [1.807, 2.05) is 16.8 Å². The van der Waals surface area contributed by atoms with E-state index >= 15 is 0 Å². The maximum atomic E-state index is 14.3. The summed E-state index contributed by atoms with van der Waals surface area (Å²) in [6.07, 6.45) is 3.23. The fourth-order valence-corrected chi connectivity index (χ4v) is 5.26. The van der Waals surface area contributed by atoms with E-state index in [9.17, 15) is 13.6 Å². The Hall–Kier alpha value is -3.28. The Bertz CT molecular complexity index is 1190. The van der Waals surface area contributed by atoms with Crippen LogP contribution in [0.1, 0.15) is 47.2 Å². The van der Waals surface area contributed by atoms with E-state index in [4.69, 9.17) is 0 Å². The van der Waals surface area contributed by atoms with Gasteiger partial charge in [0.05, 0.1) is 29.7 Å². The van der Waals surface area contributed by atoms with Crippen LogP contribution in [0.4, 0.5) is 8.78 Å². The SMILES string of the molecule is C=C1c2c(C)c(=O)cnn2C(C(c2cccc(F)c2)c2cccc(F)c2)C2CCCN12. The average molecular weight is 419 g/mol. The second kappa shape index (κ2) is 7.45. The van der Waals surface area contributed by atoms with Gasteiger partial charge in [-0.1, -0.05) is 30.8 Å². The molecule has 1 fully saturated rings. The molecule has 1 saturated heterocycles. The van der Waals surface area contributed by atoms with Gasteiger partial charge in [-0.15, -0.1) is 0 Å². The number of halogens is 2. The minimum Gasteiger partial charge on any atom is -0.365 e. The lowest BCUT2D eigenvalue weighted by atomic mass is 9.79. The van der Waals surface area contributed by atoms with Gasteiger partial charge in [0, 0.05) is 18.0 Å². The van der Waals surface area contributed by atoms with Crippen molar-refractivity contribution in [1.29, 1.82) is 0 Å². The highest BCUT2D eigenvalue weighted by molar-refractivity contribution is 5.64. The summed E-state index contributed by atoms with van der Waals surface area (Å²) in [7, 11) is 0. The van der Waals surface area contributed by atoms with Gasteiger partial charge in [0.25, 0.3) is 0 Å². The lowest BCUT2D eigenvalue weighted by Gasteiger charge is -2.45. The van der Waals surface area contributed by atoms with Gasteiger partial charge >= 0.3 is 0 Å². The molecule has 0 N–H and O–H groups in total. The van der Waals surface area contributed by atoms with E-state index in [0.717, 1.165) is 36.2 Å². The molecule has 2 atom stereocenters. The predicted octanol–water partition coefficient (Wildman–Crippen LogP) is 4.65. The summed E-state index contributed by atoms with van der Waals surface area (Å²) in [5.74, 6) is -1.03. The van der Waals surface area contributed by atoms with Gasteiger partial charge in [0.2, 0.25) is 5.43 Å². The van der Waals surface area contributed by atoms with Crippen LogP contribution < -0.4 is 5.43 Å². The maximum Gasteiger partial charge on any atom is 0.203 e. The van der Waals surface area contributed by atoms with Gasteiger partial charge in [-0.05, 0) is 55.2 Å². The van der Waals surface area contributed by atoms with Crippen molar-refractivity contribution < 1.29 is 8.78 Å². The van der Waals surface area contributed by atoms with Crippen LogP contribution in [0.3, 0.4) is 0 Å². The van der Waals surface area contributed by atoms with Crippen molar-refractivity contribution in [2.45, 2.75) is 37.8 Å². The second-order valence-electron chi connectivity index (χ2n) is 8.35. The van der Waals surface area contributed by atoms with Crippen LogP contribution in [0.25, 0.3) is 5.70 Å². The fraction of sp³-hybridized carbons (Fsp3) is 0.280. The summed E-state index contributed by atoms with van der Waals surface area (Å²) in [4.78, 5) is 14.6. The minimum absolute atomic E-state index is 0.0611. The van der Waals surface area contributed by atoms with Crippen LogP contribution in [0.15, 0.2) is 66.1 Å². The van der Waals surface area contributed by atoms with E-state index in [1.165, 1.54) is 30.5 Å². The van der Waals surface area contributed by atoms with Crippen molar-refractivity contribution in [3.8, 4) is 0 Å². The summed E-state index contributed by atoms with van der Waals surface area (Å²) in [5, 5.41) is 4.52. The van der Waals surface area contributed by atoms with Gasteiger partial charge in [0.15, 0.2) is 0 Å². The standard InChI is InChI=1S/C25H23F2N3O/c1-15-22(31)14-28-30-24(15)16(2)29-11-5-10-21(29)25(30)23(17-6-3-8-19(26)12-17)18-7-4-9-20(27)13-18/h3-4,6-9,12-14,21,23,25H,2,5,10-11H2,1H3. The van der Waals surface area contributed by atoms with Gasteiger partial charge in [-0.2, -0.15) is 5.10 Å². The zero-order valence-corrected chi connectivity index (χ0v) is 17.3. The van der Waals surface area contributed by atoms with Crippen molar-refractivity contribution in [3.63, 3.8) is 0 Å². The highest BCUT2D eigenvalue weighted by Crippen LogP contribution is 2.47. The third kappa shape index (κ3) is 3.17. The van der Waals surface area contributed by atoms with E-state index in [0.29, 0.717) is 11.3 Å². The molecule has 2 aromatic carbocycles. The Kier molecular flexibility index (Phi) is 4.73. The zero-order valence-electron chi connectivity index (χ0n) is 17.3. The molecule has 0 bridgehead atoms. The number of rotatable bonds is 3. The molecule has 0 spiro atoms. The summed E-state index contributed by atoms with van der Waals surface area (Å²) in [6, 6.07) is 12.7. The number of aromatic nitrogens is 2. The Labute approximate surface area is 179 Å². The first-order valence-corrected chi connectivity index (χ1v) is 10.5. The molecule has 5 rings (SSSR count). The minimum atomic E-state index is -0.349. The molecular weight excluding hydrogens is 396 g/mol. The van der Waals surface area contributed by atoms with E-state index in [-0.39, 0.29) is 35.1 Å². The maximum absolute atomic E-state index is 14.3. The van der Waals surface area contributed by atoms with Crippen LogP contribution in [0, 0.1) is 18.6 Å². The largest absolute Gasteiger partial charge is 0.365 e. The molecule has 0 aliphatic carbocycles. The van der Waals surface area contributed by atoms with Crippen LogP contribution >= 0.6 is 0 Å². The molecule has 158 valence electrons.